The molecular weight excluding hydrogens is 757 g/mol. The molecule has 310 valence electrons. The van der Waals surface area contributed by atoms with Crippen LogP contribution in [0.1, 0.15) is 92.1 Å². The van der Waals surface area contributed by atoms with Gasteiger partial charge in [-0.05, 0) is 132 Å². The molecule has 6 aromatic rings. The van der Waals surface area contributed by atoms with Gasteiger partial charge >= 0.3 is 5.97 Å². The van der Waals surface area contributed by atoms with Gasteiger partial charge in [-0.25, -0.2) is 4.79 Å². The Bertz CT molecular complexity index is 2290. The number of hydrogen-bond acceptors (Lipinski definition) is 7. The van der Waals surface area contributed by atoms with Crippen LogP contribution in [0.3, 0.4) is 0 Å². The Morgan fingerprint density at radius 2 is 0.607 bits per heavy atom. The number of nitriles is 2. The van der Waals surface area contributed by atoms with Gasteiger partial charge in [0.15, 0.2) is 0 Å². The summed E-state index contributed by atoms with van der Waals surface area (Å²) in [6.07, 6.45) is 11.7. The van der Waals surface area contributed by atoms with Gasteiger partial charge in [-0.3, -0.25) is 0 Å². The molecule has 0 spiro atoms. The summed E-state index contributed by atoms with van der Waals surface area (Å²) in [5.41, 5.74) is 8.34. The van der Waals surface area contributed by atoms with Crippen LogP contribution >= 0.6 is 0 Å². The average molecular weight is 811 g/mol. The van der Waals surface area contributed by atoms with Crippen LogP contribution in [0.25, 0.3) is 33.4 Å². The molecule has 0 radical (unpaired) electrons. The van der Waals surface area contributed by atoms with Crippen molar-refractivity contribution in [2.75, 3.05) is 26.4 Å². The first-order valence-electron chi connectivity index (χ1n) is 21.6. The van der Waals surface area contributed by atoms with E-state index >= 15 is 0 Å². The lowest BCUT2D eigenvalue weighted by atomic mass is 10.0. The molecule has 7 heteroatoms. The molecule has 6 aromatic carbocycles. The predicted octanol–water partition coefficient (Wildman–Crippen LogP) is 13.4. The zero-order valence-electron chi connectivity index (χ0n) is 34.9. The van der Waals surface area contributed by atoms with Crippen molar-refractivity contribution in [3.8, 4) is 62.8 Å². The van der Waals surface area contributed by atoms with E-state index in [9.17, 15) is 4.79 Å². The minimum Gasteiger partial charge on any atom is -0.494 e. The van der Waals surface area contributed by atoms with E-state index in [1.54, 1.807) is 0 Å². The summed E-state index contributed by atoms with van der Waals surface area (Å²) in [7, 11) is 0. The third kappa shape index (κ3) is 14.4. The van der Waals surface area contributed by atoms with Gasteiger partial charge in [0.25, 0.3) is 0 Å². The van der Waals surface area contributed by atoms with Gasteiger partial charge in [-0.1, -0.05) is 118 Å². The molecule has 7 nitrogen and oxygen atoms in total. The zero-order chi connectivity index (χ0) is 42.3. The van der Waals surface area contributed by atoms with Crippen LogP contribution < -0.4 is 14.2 Å². The van der Waals surface area contributed by atoms with Crippen molar-refractivity contribution in [1.29, 1.82) is 10.5 Å². The first-order chi connectivity index (χ1) is 30.1. The largest absolute Gasteiger partial charge is 0.494 e. The molecule has 0 aliphatic rings. The molecule has 0 heterocycles. The van der Waals surface area contributed by atoms with Crippen LogP contribution in [-0.4, -0.2) is 32.4 Å². The van der Waals surface area contributed by atoms with Crippen molar-refractivity contribution < 1.29 is 23.7 Å². The third-order valence-corrected chi connectivity index (χ3v) is 10.6. The Kier molecular flexibility index (Phi) is 17.4. The topological polar surface area (TPSA) is 102 Å². The fourth-order valence-corrected chi connectivity index (χ4v) is 6.97. The van der Waals surface area contributed by atoms with E-state index in [2.05, 4.69) is 36.4 Å². The highest BCUT2D eigenvalue weighted by molar-refractivity contribution is 5.90. The zero-order valence-corrected chi connectivity index (χ0v) is 34.9. The Morgan fingerprint density at radius 1 is 0.344 bits per heavy atom. The number of esters is 1. The summed E-state index contributed by atoms with van der Waals surface area (Å²) in [5.74, 6) is 2.31. The second-order valence-corrected chi connectivity index (χ2v) is 15.1. The maximum Gasteiger partial charge on any atom is 0.338 e. The molecule has 6 rings (SSSR count). The van der Waals surface area contributed by atoms with E-state index < -0.39 is 0 Å². The average Bonchev–Trinajstić information content (AvgIpc) is 3.32. The van der Waals surface area contributed by atoms with Crippen LogP contribution in [0, 0.1) is 22.7 Å². The molecule has 0 N–H and O–H groups in total. The molecule has 61 heavy (non-hydrogen) atoms. The molecule has 0 saturated carbocycles. The minimum absolute atomic E-state index is 0.289. The van der Waals surface area contributed by atoms with Gasteiger partial charge in [0.05, 0.1) is 55.3 Å². The fraction of sp³-hybridized carbons (Fsp3) is 0.278. The molecule has 0 aliphatic heterocycles. The van der Waals surface area contributed by atoms with E-state index in [0.29, 0.717) is 43.1 Å². The van der Waals surface area contributed by atoms with Gasteiger partial charge in [0.2, 0.25) is 0 Å². The lowest BCUT2D eigenvalue weighted by molar-refractivity contribution is 0.0497. The van der Waals surface area contributed by atoms with Crippen molar-refractivity contribution in [2.45, 2.75) is 70.6 Å². The number of carbonyl (C=O) groups excluding carboxylic acids is 1. The van der Waals surface area contributed by atoms with Crippen LogP contribution in [0.5, 0.6) is 17.2 Å². The molecule has 0 bridgehead atoms. The Balaban J connectivity index is 0.752. The second kappa shape index (κ2) is 24.3. The van der Waals surface area contributed by atoms with Crippen molar-refractivity contribution in [1.82, 2.24) is 0 Å². The smallest absolute Gasteiger partial charge is 0.338 e. The lowest BCUT2D eigenvalue weighted by Gasteiger charge is -2.09. The summed E-state index contributed by atoms with van der Waals surface area (Å²) in [6.45, 7) is 2.50. The maximum absolute atomic E-state index is 12.6. The van der Waals surface area contributed by atoms with E-state index in [-0.39, 0.29) is 5.97 Å². The number of rotatable bonds is 24. The number of hydrogen-bond donors (Lipinski definition) is 0. The molecule has 0 amide bonds. The van der Waals surface area contributed by atoms with Crippen molar-refractivity contribution in [3.05, 3.63) is 162 Å². The molecule has 0 fully saturated rings. The number of carbonyl (C=O) groups is 1. The first kappa shape index (κ1) is 43.7. The molecular formula is C54H54N2O5. The third-order valence-electron chi connectivity index (χ3n) is 10.6. The Labute approximate surface area is 361 Å². The van der Waals surface area contributed by atoms with E-state index in [4.69, 9.17) is 29.5 Å². The summed E-state index contributed by atoms with van der Waals surface area (Å²) in [4.78, 5) is 12.6. The van der Waals surface area contributed by atoms with Crippen molar-refractivity contribution in [3.63, 3.8) is 0 Å². The molecule has 0 saturated heterocycles. The van der Waals surface area contributed by atoms with E-state index in [1.165, 1.54) is 12.8 Å². The number of ether oxygens (including phenoxy) is 4. The highest BCUT2D eigenvalue weighted by atomic mass is 16.5. The number of unbranched alkanes of at least 4 members (excludes halogenated alkanes) is 9. The standard InChI is InChI=1S/C54H54N2O5/c55-40-42-12-16-44(17-13-42)47-24-30-51(31-25-47)58-36-8-4-1-2-5-9-37-59-53-34-28-49(29-35-53)46-20-22-50(23-21-46)54(57)61-39-11-7-3-6-10-38-60-52-32-26-48(27-33-52)45-18-14-43(41-56)15-19-45/h12-35H,1-11,36-39H2. The summed E-state index contributed by atoms with van der Waals surface area (Å²) in [5, 5.41) is 18.0. The monoisotopic (exact) mass is 810 g/mol. The lowest BCUT2D eigenvalue weighted by Crippen LogP contribution is -2.06. The minimum atomic E-state index is -0.289. The van der Waals surface area contributed by atoms with Gasteiger partial charge in [0, 0.05) is 0 Å². The predicted molar refractivity (Wildman–Crippen MR) is 243 cm³/mol. The SMILES string of the molecule is N#Cc1ccc(-c2ccc(OCCCCCCCCOc3ccc(-c4ccc(C(=O)OCCCCCCCOc5ccc(-c6ccc(C#N)cc6)cc5)cc4)cc3)cc2)cc1. The quantitative estimate of drug-likeness (QED) is 0.0443. The van der Waals surface area contributed by atoms with E-state index in [0.717, 1.165) is 108 Å². The highest BCUT2D eigenvalue weighted by Crippen LogP contribution is 2.26. The summed E-state index contributed by atoms with van der Waals surface area (Å²) >= 11 is 0. The maximum atomic E-state index is 12.6. The van der Waals surface area contributed by atoms with Gasteiger partial charge < -0.3 is 18.9 Å². The van der Waals surface area contributed by atoms with Gasteiger partial charge in [-0.2, -0.15) is 10.5 Å². The number of benzene rings is 6. The van der Waals surface area contributed by atoms with Crippen molar-refractivity contribution in [2.24, 2.45) is 0 Å². The number of nitrogens with zero attached hydrogens (tertiary/aromatic N) is 2. The summed E-state index contributed by atoms with van der Waals surface area (Å²) in [6, 6.07) is 51.3. The van der Waals surface area contributed by atoms with Crippen molar-refractivity contribution >= 4 is 5.97 Å². The molecule has 0 aliphatic carbocycles. The Hall–Kier alpha value is -6.83. The fourth-order valence-electron chi connectivity index (χ4n) is 6.97. The molecule has 0 atom stereocenters. The second-order valence-electron chi connectivity index (χ2n) is 15.1. The highest BCUT2D eigenvalue weighted by Gasteiger charge is 2.08. The summed E-state index contributed by atoms with van der Waals surface area (Å²) < 4.78 is 23.4. The van der Waals surface area contributed by atoms with Gasteiger partial charge in [0.1, 0.15) is 17.2 Å². The van der Waals surface area contributed by atoms with Crippen LogP contribution in [0.2, 0.25) is 0 Å². The Morgan fingerprint density at radius 3 is 0.918 bits per heavy atom. The van der Waals surface area contributed by atoms with Crippen LogP contribution in [0.15, 0.2) is 146 Å². The normalized spacial score (nSPS) is 10.7. The first-order valence-corrected chi connectivity index (χ1v) is 21.6. The van der Waals surface area contributed by atoms with Gasteiger partial charge in [-0.15, -0.1) is 0 Å². The van der Waals surface area contributed by atoms with Crippen LogP contribution in [0.4, 0.5) is 0 Å². The molecule has 0 unspecified atom stereocenters. The van der Waals surface area contributed by atoms with Crippen LogP contribution in [-0.2, 0) is 4.74 Å². The van der Waals surface area contributed by atoms with E-state index in [1.807, 2.05) is 121 Å². The molecule has 0 aromatic heterocycles.